The van der Waals surface area contributed by atoms with Crippen LogP contribution in [0.15, 0.2) is 12.1 Å². The molecular weight excluding hydrogens is 496 g/mol. The van der Waals surface area contributed by atoms with Crippen molar-refractivity contribution < 1.29 is 48.7 Å². The van der Waals surface area contributed by atoms with Gasteiger partial charge in [0.25, 0.3) is 0 Å². The van der Waals surface area contributed by atoms with E-state index in [2.05, 4.69) is 0 Å². The van der Waals surface area contributed by atoms with E-state index in [1.54, 1.807) is 13.8 Å². The molecule has 3 N–H and O–H groups in total. The Balaban J connectivity index is 1.75. The fourth-order valence-electron chi connectivity index (χ4n) is 7.15. The third-order valence-electron chi connectivity index (χ3n) is 8.37. The minimum Gasteiger partial charge on any atom is -0.507 e. The minimum absolute atomic E-state index is 0.137. The van der Waals surface area contributed by atoms with Gasteiger partial charge in [-0.3, -0.25) is 9.59 Å². The van der Waals surface area contributed by atoms with E-state index >= 15 is 0 Å². The number of carbonyl (C=O) groups is 4. The summed E-state index contributed by atoms with van der Waals surface area (Å²) in [6.45, 7) is 3.83. The molecule has 2 aliphatic carbocycles. The van der Waals surface area contributed by atoms with Crippen LogP contribution in [0.25, 0.3) is 10.8 Å². The molecule has 0 saturated heterocycles. The van der Waals surface area contributed by atoms with E-state index in [1.807, 2.05) is 0 Å². The summed E-state index contributed by atoms with van der Waals surface area (Å²) in [7, 11) is 0. The summed E-state index contributed by atoms with van der Waals surface area (Å²) in [6.07, 6.45) is -1.22. The molecule has 0 fully saturated rings. The summed E-state index contributed by atoms with van der Waals surface area (Å²) in [6, 6.07) is 2.70. The number of Topliss-reactive ketones (excluding diaryl/α,β-unsaturated/α-hetero) is 1. The number of benzene rings is 3. The molecule has 0 radical (unpaired) electrons. The standard InChI is InChI=1S/C28H20O10/c1-8-4-12(30)17-16-11(6-36-26(17)34)23(32)22-19(14(8)16)20-24(33)15-9(2)5-13(31)18-21(15)28(22,7-37-27(18)35)25(20)38-10(3)29/h4-5,20,25,30-32H,6-7H2,1-3H3. The van der Waals surface area contributed by atoms with E-state index in [-0.39, 0.29) is 63.5 Å². The normalized spacial score (nSPS) is 24.0. The lowest BCUT2D eigenvalue weighted by Gasteiger charge is -2.44. The average Bonchev–Trinajstić information content (AvgIpc) is 3.04. The summed E-state index contributed by atoms with van der Waals surface area (Å²) in [5.41, 5.74) is 0.108. The number of aryl methyl sites for hydroxylation is 2. The van der Waals surface area contributed by atoms with Crippen LogP contribution in [0.1, 0.15) is 77.3 Å². The highest BCUT2D eigenvalue weighted by atomic mass is 16.6. The number of aromatic hydroxyl groups is 3. The molecule has 2 heterocycles. The maximum atomic E-state index is 14.3. The topological polar surface area (TPSA) is 157 Å². The zero-order valence-corrected chi connectivity index (χ0v) is 20.4. The van der Waals surface area contributed by atoms with Crippen molar-refractivity contribution >= 4 is 34.5 Å². The highest BCUT2D eigenvalue weighted by molar-refractivity contribution is 6.18. The van der Waals surface area contributed by atoms with E-state index in [4.69, 9.17) is 14.2 Å². The Bertz CT molecular complexity index is 1750. The van der Waals surface area contributed by atoms with Gasteiger partial charge >= 0.3 is 17.9 Å². The van der Waals surface area contributed by atoms with E-state index < -0.39 is 46.9 Å². The molecule has 2 bridgehead atoms. The van der Waals surface area contributed by atoms with Gasteiger partial charge in [-0.05, 0) is 53.6 Å². The lowest BCUT2D eigenvalue weighted by Crippen LogP contribution is -2.54. The number of carbonyl (C=O) groups excluding carboxylic acids is 4. The predicted molar refractivity (Wildman–Crippen MR) is 128 cm³/mol. The molecule has 4 aliphatic rings. The van der Waals surface area contributed by atoms with Crippen LogP contribution in [-0.4, -0.2) is 51.7 Å². The van der Waals surface area contributed by atoms with Crippen LogP contribution in [0.4, 0.5) is 0 Å². The van der Waals surface area contributed by atoms with Crippen molar-refractivity contribution in [1.82, 2.24) is 0 Å². The number of phenolic OH excluding ortho intramolecular Hbond substituents is 3. The average molecular weight is 516 g/mol. The van der Waals surface area contributed by atoms with Crippen LogP contribution in [-0.2, 0) is 31.0 Å². The first-order valence-electron chi connectivity index (χ1n) is 12.0. The van der Waals surface area contributed by atoms with Gasteiger partial charge in [-0.15, -0.1) is 0 Å². The van der Waals surface area contributed by atoms with Gasteiger partial charge in [-0.25, -0.2) is 9.59 Å². The lowest BCUT2D eigenvalue weighted by molar-refractivity contribution is -0.150. The van der Waals surface area contributed by atoms with Crippen LogP contribution in [0.5, 0.6) is 17.2 Å². The van der Waals surface area contributed by atoms with Crippen molar-refractivity contribution in [3.63, 3.8) is 0 Å². The summed E-state index contributed by atoms with van der Waals surface area (Å²) in [5, 5.41) is 34.0. The molecule has 3 aromatic rings. The minimum atomic E-state index is -1.53. The third kappa shape index (κ3) is 2.30. The number of fused-ring (bicyclic) bond motifs is 4. The zero-order valence-electron chi connectivity index (χ0n) is 20.4. The van der Waals surface area contributed by atoms with Gasteiger partial charge < -0.3 is 29.5 Å². The quantitative estimate of drug-likeness (QED) is 0.325. The fourth-order valence-corrected chi connectivity index (χ4v) is 7.15. The monoisotopic (exact) mass is 516 g/mol. The number of ether oxygens (including phenoxy) is 3. The van der Waals surface area contributed by atoms with Crippen molar-refractivity contribution in [2.24, 2.45) is 0 Å². The van der Waals surface area contributed by atoms with Crippen molar-refractivity contribution in [2.45, 2.75) is 44.8 Å². The van der Waals surface area contributed by atoms with Crippen LogP contribution >= 0.6 is 0 Å². The van der Waals surface area contributed by atoms with Crippen molar-refractivity contribution in [2.75, 3.05) is 6.61 Å². The highest BCUT2D eigenvalue weighted by Gasteiger charge is 2.67. The second-order valence-corrected chi connectivity index (χ2v) is 10.3. The SMILES string of the molecule is CC(=O)OC1C2C(=O)c3c(C)cc(O)c4c3C1(COC4=O)c1c(O)c3c4c(c(O)cc(C)c4c12)C(=O)OC3. The lowest BCUT2D eigenvalue weighted by atomic mass is 9.63. The second kappa shape index (κ2) is 6.83. The van der Waals surface area contributed by atoms with Crippen LogP contribution in [0.2, 0.25) is 0 Å². The number of cyclic esters (lactones) is 2. The Hall–Kier alpha value is -4.60. The van der Waals surface area contributed by atoms with Crippen molar-refractivity contribution in [3.8, 4) is 17.2 Å². The van der Waals surface area contributed by atoms with Crippen LogP contribution in [0, 0.1) is 13.8 Å². The maximum Gasteiger partial charge on any atom is 0.342 e. The number of esters is 3. The number of ketones is 1. The molecular formula is C28H20O10. The van der Waals surface area contributed by atoms with Gasteiger partial charge in [0, 0.05) is 29.0 Å². The van der Waals surface area contributed by atoms with E-state index in [9.17, 15) is 34.5 Å². The molecule has 10 nitrogen and oxygen atoms in total. The van der Waals surface area contributed by atoms with Gasteiger partial charge in [-0.2, -0.15) is 0 Å². The van der Waals surface area contributed by atoms with E-state index in [0.717, 1.165) is 0 Å². The van der Waals surface area contributed by atoms with Crippen molar-refractivity contribution in [3.05, 3.63) is 62.2 Å². The van der Waals surface area contributed by atoms with Gasteiger partial charge in [0.1, 0.15) is 47.7 Å². The second-order valence-electron chi connectivity index (χ2n) is 10.3. The van der Waals surface area contributed by atoms with Gasteiger partial charge in [0.05, 0.1) is 11.3 Å². The summed E-state index contributed by atoms with van der Waals surface area (Å²) < 4.78 is 16.6. The molecule has 2 aliphatic heterocycles. The molecule has 38 heavy (non-hydrogen) atoms. The molecule has 3 aromatic carbocycles. The molecule has 1 spiro atoms. The molecule has 0 aromatic heterocycles. The number of phenols is 3. The van der Waals surface area contributed by atoms with Crippen LogP contribution < -0.4 is 0 Å². The third-order valence-corrected chi connectivity index (χ3v) is 8.37. The first-order chi connectivity index (χ1) is 18.0. The summed E-state index contributed by atoms with van der Waals surface area (Å²) >= 11 is 0. The number of hydrogen-bond donors (Lipinski definition) is 3. The Morgan fingerprint density at radius 3 is 2.29 bits per heavy atom. The molecule has 0 amide bonds. The number of rotatable bonds is 1. The van der Waals surface area contributed by atoms with E-state index in [0.29, 0.717) is 22.1 Å². The van der Waals surface area contributed by atoms with E-state index in [1.165, 1.54) is 19.1 Å². The molecule has 7 rings (SSSR count). The number of hydrogen-bond acceptors (Lipinski definition) is 10. The van der Waals surface area contributed by atoms with Gasteiger partial charge in [-0.1, -0.05) is 0 Å². The van der Waals surface area contributed by atoms with Crippen molar-refractivity contribution in [1.29, 1.82) is 0 Å². The zero-order chi connectivity index (χ0) is 27.0. The van der Waals surface area contributed by atoms with Gasteiger partial charge in [0.2, 0.25) is 0 Å². The Morgan fingerprint density at radius 1 is 0.921 bits per heavy atom. The summed E-state index contributed by atoms with van der Waals surface area (Å²) in [5.74, 6) is -4.95. The molecule has 10 heteroatoms. The largest absolute Gasteiger partial charge is 0.507 e. The van der Waals surface area contributed by atoms with Gasteiger partial charge in [0.15, 0.2) is 5.78 Å². The van der Waals surface area contributed by atoms with Crippen LogP contribution in [0.3, 0.4) is 0 Å². The Morgan fingerprint density at radius 2 is 1.58 bits per heavy atom. The molecule has 3 atom stereocenters. The smallest absolute Gasteiger partial charge is 0.342 e. The first-order valence-corrected chi connectivity index (χ1v) is 12.0. The Labute approximate surface area is 214 Å². The molecule has 0 saturated carbocycles. The highest BCUT2D eigenvalue weighted by Crippen LogP contribution is 2.65. The molecule has 192 valence electrons. The molecule has 3 unspecified atom stereocenters. The Kier molecular flexibility index (Phi) is 4.06. The predicted octanol–water partition coefficient (Wildman–Crippen LogP) is 2.93. The summed E-state index contributed by atoms with van der Waals surface area (Å²) in [4.78, 5) is 52.3. The fraction of sp³-hybridized carbons (Fsp3) is 0.286. The first kappa shape index (κ1) is 22.6. The maximum absolute atomic E-state index is 14.3.